The third-order valence-corrected chi connectivity index (χ3v) is 4.29. The number of methoxy groups -OCH3 is 1. The number of nitrogens with one attached hydrogen (secondary N) is 1. The zero-order chi connectivity index (χ0) is 20.1. The molecule has 1 rings (SSSR count). The molecule has 0 spiro atoms. The minimum atomic E-state index is -3.85. The number of amides is 1. The fourth-order valence-corrected chi connectivity index (χ4v) is 2.92. The van der Waals surface area contributed by atoms with E-state index in [1.54, 1.807) is 0 Å². The number of rotatable bonds is 8. The van der Waals surface area contributed by atoms with Crippen molar-refractivity contribution >= 4 is 45.1 Å². The van der Waals surface area contributed by atoms with Crippen LogP contribution in [-0.4, -0.2) is 29.3 Å². The molecule has 1 amide bonds. The summed E-state index contributed by atoms with van der Waals surface area (Å²) in [6.07, 6.45) is 1.12. The maximum atomic E-state index is 13.9. The van der Waals surface area contributed by atoms with Gasteiger partial charge in [0.05, 0.1) is 24.1 Å². The minimum Gasteiger partial charge on any atom is -0.465 e. The first-order valence-corrected chi connectivity index (χ1v) is 9.57. The third kappa shape index (κ3) is 5.87. The van der Waals surface area contributed by atoms with Gasteiger partial charge in [0.15, 0.2) is 0 Å². The third-order valence-electron chi connectivity index (χ3n) is 3.55. The molecule has 0 aromatic carbocycles. The van der Waals surface area contributed by atoms with Gasteiger partial charge in [-0.05, 0) is 42.8 Å². The van der Waals surface area contributed by atoms with Crippen LogP contribution in [0.2, 0.25) is 0 Å². The van der Waals surface area contributed by atoms with Crippen LogP contribution in [-0.2, 0) is 21.3 Å². The highest BCUT2D eigenvalue weighted by molar-refractivity contribution is 9.09. The summed E-state index contributed by atoms with van der Waals surface area (Å²) in [5.74, 6) is -1.24. The number of anilines is 1. The molecule has 1 aromatic heterocycles. The first-order chi connectivity index (χ1) is 12.0. The molecule has 1 aromatic rings. The van der Waals surface area contributed by atoms with E-state index in [-0.39, 0.29) is 41.6 Å². The van der Waals surface area contributed by atoms with Crippen molar-refractivity contribution in [3.8, 4) is 0 Å². The Hall–Kier alpha value is -1.28. The number of carbonyl (C=O) groups excluding carboxylic acids is 2. The topological polar surface area (TPSA) is 68.3 Å². The van der Waals surface area contributed by atoms with Gasteiger partial charge in [-0.15, -0.1) is 0 Å². The number of halogens is 4. The Morgan fingerprint density at radius 2 is 2.00 bits per heavy atom. The number of aryl methyl sites for hydroxylation is 1. The van der Waals surface area contributed by atoms with Crippen molar-refractivity contribution in [1.82, 2.24) is 4.98 Å². The zero-order valence-corrected chi connectivity index (χ0v) is 17.4. The van der Waals surface area contributed by atoms with E-state index >= 15 is 0 Å². The number of hydrogen-bond acceptors (Lipinski definition) is 4. The zero-order valence-electron chi connectivity index (χ0n) is 15.1. The largest absolute Gasteiger partial charge is 0.465 e. The van der Waals surface area contributed by atoms with Crippen molar-refractivity contribution in [2.24, 2.45) is 5.92 Å². The summed E-state index contributed by atoms with van der Waals surface area (Å²) in [6.45, 7) is 5.22. The molecule has 0 aliphatic heterocycles. The van der Waals surface area contributed by atoms with E-state index in [0.29, 0.717) is 11.8 Å². The molecule has 0 aliphatic rings. The lowest BCUT2D eigenvalue weighted by atomic mass is 9.94. The number of hydrogen-bond donors (Lipinski definition) is 1. The lowest BCUT2D eigenvalue weighted by molar-refractivity contribution is -0.116. The molecule has 5 nitrogen and oxygen atoms in total. The molecule has 1 heterocycles. The van der Waals surface area contributed by atoms with Gasteiger partial charge in [0.1, 0.15) is 5.69 Å². The Kier molecular flexibility index (Phi) is 8.40. The highest BCUT2D eigenvalue weighted by Crippen LogP contribution is 2.38. The van der Waals surface area contributed by atoms with E-state index in [4.69, 9.17) is 11.6 Å². The molecule has 0 aliphatic carbocycles. The Labute approximate surface area is 165 Å². The van der Waals surface area contributed by atoms with Crippen LogP contribution in [0.4, 0.5) is 14.5 Å². The number of nitrogens with zero attached hydrogens (tertiary/aromatic N) is 1. The van der Waals surface area contributed by atoms with Gasteiger partial charge in [0.2, 0.25) is 5.91 Å². The van der Waals surface area contributed by atoms with Crippen molar-refractivity contribution in [3.63, 3.8) is 0 Å². The van der Waals surface area contributed by atoms with Crippen LogP contribution < -0.4 is 5.32 Å². The first-order valence-electron chi connectivity index (χ1n) is 8.07. The highest BCUT2D eigenvalue weighted by atomic mass is 79.9. The summed E-state index contributed by atoms with van der Waals surface area (Å²) >= 11 is 8.42. The number of alkyl halides is 4. The smallest absolute Gasteiger partial charge is 0.365 e. The van der Waals surface area contributed by atoms with Crippen LogP contribution in [0.1, 0.15) is 54.0 Å². The molecule has 26 heavy (non-hydrogen) atoms. The second kappa shape index (κ2) is 9.60. The van der Waals surface area contributed by atoms with E-state index in [9.17, 15) is 18.4 Å². The van der Waals surface area contributed by atoms with Crippen LogP contribution in [0.15, 0.2) is 0 Å². The van der Waals surface area contributed by atoms with Gasteiger partial charge in [-0.2, -0.15) is 8.78 Å². The van der Waals surface area contributed by atoms with Gasteiger partial charge in [-0.3, -0.25) is 4.79 Å². The summed E-state index contributed by atoms with van der Waals surface area (Å²) in [7, 11) is 1.09. The highest BCUT2D eigenvalue weighted by Gasteiger charge is 2.38. The van der Waals surface area contributed by atoms with Gasteiger partial charge >= 0.3 is 11.4 Å². The molecular formula is C17H22BrClF2N2O3. The summed E-state index contributed by atoms with van der Waals surface area (Å²) in [5, 5.41) is -0.496. The minimum absolute atomic E-state index is 0.0233. The lowest BCUT2D eigenvalue weighted by Gasteiger charge is -2.22. The molecule has 0 atom stereocenters. The average molecular weight is 456 g/mol. The normalized spacial score (nSPS) is 11.6. The maximum Gasteiger partial charge on any atom is 0.365 e. The molecular weight excluding hydrogens is 434 g/mol. The van der Waals surface area contributed by atoms with Crippen molar-refractivity contribution in [3.05, 3.63) is 22.5 Å². The Balaban J connectivity index is 3.63. The second-order valence-corrected chi connectivity index (χ2v) is 7.47. The summed E-state index contributed by atoms with van der Waals surface area (Å²) in [5.41, 5.74) is -0.596. The Morgan fingerprint density at radius 1 is 1.38 bits per heavy atom. The number of ether oxygens (including phenoxy) is 1. The predicted molar refractivity (Wildman–Crippen MR) is 100 cm³/mol. The van der Waals surface area contributed by atoms with Gasteiger partial charge in [0.25, 0.3) is 0 Å². The van der Waals surface area contributed by atoms with Gasteiger partial charge in [0, 0.05) is 11.8 Å². The van der Waals surface area contributed by atoms with E-state index in [0.717, 1.165) is 7.11 Å². The fraction of sp³-hybridized carbons (Fsp3) is 0.588. The van der Waals surface area contributed by atoms with Crippen LogP contribution in [0.5, 0.6) is 0 Å². The molecule has 0 saturated carbocycles. The van der Waals surface area contributed by atoms with Crippen LogP contribution in [0.25, 0.3) is 0 Å². The average Bonchev–Trinajstić information content (AvgIpc) is 2.53. The molecule has 0 fully saturated rings. The second-order valence-electron chi connectivity index (χ2n) is 6.20. The molecule has 0 bridgehead atoms. The van der Waals surface area contributed by atoms with Crippen molar-refractivity contribution in [2.75, 3.05) is 17.8 Å². The molecule has 1 N–H and O–H groups in total. The summed E-state index contributed by atoms with van der Waals surface area (Å²) in [6, 6.07) is 0. The number of carbonyl (C=O) groups is 2. The molecule has 9 heteroatoms. The summed E-state index contributed by atoms with van der Waals surface area (Å²) in [4.78, 5) is 28.2. The van der Waals surface area contributed by atoms with E-state index in [1.165, 1.54) is 6.92 Å². The monoisotopic (exact) mass is 454 g/mol. The number of aromatic nitrogens is 1. The molecule has 146 valence electrons. The number of pyridine rings is 1. The predicted octanol–water partition coefficient (Wildman–Crippen LogP) is 4.78. The Bertz CT molecular complexity index is 679. The van der Waals surface area contributed by atoms with Crippen LogP contribution >= 0.6 is 27.5 Å². The lowest BCUT2D eigenvalue weighted by Crippen LogP contribution is -2.23. The maximum absolute atomic E-state index is 13.9. The standard InChI is InChI=1S/C17H22BrClF2N2O3/c1-9(2)8-11-13(16(25)26-4)15(17(19,20)21)22-10(3)14(11)23-12(24)6-5-7-18/h9H,5-8H2,1-4H3,(H,23,24). The van der Waals surface area contributed by atoms with Gasteiger partial charge < -0.3 is 10.1 Å². The van der Waals surface area contributed by atoms with E-state index in [1.807, 2.05) is 13.8 Å². The van der Waals surface area contributed by atoms with E-state index in [2.05, 4.69) is 31.0 Å². The number of esters is 1. The molecule has 0 radical (unpaired) electrons. The van der Waals surface area contributed by atoms with Gasteiger partial charge in [-0.25, -0.2) is 9.78 Å². The van der Waals surface area contributed by atoms with E-state index < -0.39 is 22.6 Å². The Morgan fingerprint density at radius 3 is 2.46 bits per heavy atom. The van der Waals surface area contributed by atoms with Crippen LogP contribution in [0.3, 0.4) is 0 Å². The van der Waals surface area contributed by atoms with Crippen LogP contribution in [0, 0.1) is 12.8 Å². The van der Waals surface area contributed by atoms with Crippen molar-refractivity contribution in [2.45, 2.75) is 45.4 Å². The molecule has 0 unspecified atom stereocenters. The van der Waals surface area contributed by atoms with Gasteiger partial charge in [-0.1, -0.05) is 29.8 Å². The first kappa shape index (κ1) is 22.8. The van der Waals surface area contributed by atoms with Crippen molar-refractivity contribution < 1.29 is 23.1 Å². The van der Waals surface area contributed by atoms with Crippen molar-refractivity contribution in [1.29, 1.82) is 0 Å². The molecule has 0 saturated heterocycles. The fourth-order valence-electron chi connectivity index (χ4n) is 2.50. The SMILES string of the molecule is COC(=O)c1c(C(F)(F)Cl)nc(C)c(NC(=O)CCCBr)c1CC(C)C. The summed E-state index contributed by atoms with van der Waals surface area (Å²) < 4.78 is 32.4. The quantitative estimate of drug-likeness (QED) is 0.452.